The van der Waals surface area contributed by atoms with Gasteiger partial charge in [0, 0.05) is 6.04 Å². The van der Waals surface area contributed by atoms with Crippen LogP contribution >= 0.6 is 12.4 Å². The standard InChI is InChI=1S/C13H19NO.ClH/c1-11(14-9-5-6-10-14)13(15)12-7-3-2-4-8-12;/h2-4,7-8,11,13,15H,5-6,9-10H2,1H3;1H/t11-,13-;/m1./s1. The number of aliphatic hydroxyl groups excluding tert-OH is 1. The van der Waals surface area contributed by atoms with Gasteiger partial charge in [-0.25, -0.2) is 0 Å². The molecule has 1 aromatic rings. The van der Waals surface area contributed by atoms with Crippen molar-refractivity contribution in [2.24, 2.45) is 0 Å². The van der Waals surface area contributed by atoms with Crippen LogP contribution in [0.4, 0.5) is 0 Å². The third-order valence-electron chi connectivity index (χ3n) is 3.31. The first kappa shape index (κ1) is 13.5. The van der Waals surface area contributed by atoms with Crippen molar-refractivity contribution in [3.8, 4) is 0 Å². The fourth-order valence-corrected chi connectivity index (χ4v) is 2.28. The third-order valence-corrected chi connectivity index (χ3v) is 3.31. The Morgan fingerprint density at radius 1 is 1.12 bits per heavy atom. The molecule has 90 valence electrons. The Hall–Kier alpha value is -0.570. The van der Waals surface area contributed by atoms with Crippen molar-refractivity contribution < 1.29 is 5.11 Å². The molecule has 2 rings (SSSR count). The van der Waals surface area contributed by atoms with Gasteiger partial charge in [0.1, 0.15) is 0 Å². The van der Waals surface area contributed by atoms with Crippen LogP contribution < -0.4 is 0 Å². The van der Waals surface area contributed by atoms with Crippen molar-refractivity contribution in [2.75, 3.05) is 13.1 Å². The van der Waals surface area contributed by atoms with E-state index in [2.05, 4.69) is 11.8 Å². The van der Waals surface area contributed by atoms with Gasteiger partial charge in [-0.15, -0.1) is 12.4 Å². The van der Waals surface area contributed by atoms with Crippen molar-refractivity contribution in [3.63, 3.8) is 0 Å². The van der Waals surface area contributed by atoms with Crippen LogP contribution in [0.25, 0.3) is 0 Å². The molecule has 1 fully saturated rings. The van der Waals surface area contributed by atoms with Gasteiger partial charge in [-0.05, 0) is 38.4 Å². The van der Waals surface area contributed by atoms with E-state index in [1.54, 1.807) is 0 Å². The minimum atomic E-state index is -0.357. The minimum absolute atomic E-state index is 0. The lowest BCUT2D eigenvalue weighted by Crippen LogP contribution is -2.35. The van der Waals surface area contributed by atoms with Crippen LogP contribution in [0.2, 0.25) is 0 Å². The first-order chi connectivity index (χ1) is 7.29. The smallest absolute Gasteiger partial charge is 0.0942 e. The second-order valence-electron chi connectivity index (χ2n) is 4.34. The van der Waals surface area contributed by atoms with E-state index < -0.39 is 0 Å². The van der Waals surface area contributed by atoms with Crippen molar-refractivity contribution in [1.82, 2.24) is 4.90 Å². The molecule has 0 unspecified atom stereocenters. The highest BCUT2D eigenvalue weighted by molar-refractivity contribution is 5.85. The molecule has 1 aliphatic rings. The Balaban J connectivity index is 0.00000128. The van der Waals surface area contributed by atoms with Crippen molar-refractivity contribution in [1.29, 1.82) is 0 Å². The summed E-state index contributed by atoms with van der Waals surface area (Å²) in [6.07, 6.45) is 2.18. The molecule has 2 nitrogen and oxygen atoms in total. The van der Waals surface area contributed by atoms with Gasteiger partial charge in [0.05, 0.1) is 6.10 Å². The predicted octanol–water partition coefficient (Wildman–Crippen LogP) is 2.63. The number of rotatable bonds is 3. The summed E-state index contributed by atoms with van der Waals surface area (Å²) in [5.41, 5.74) is 1.02. The van der Waals surface area contributed by atoms with Gasteiger partial charge >= 0.3 is 0 Å². The van der Waals surface area contributed by atoms with E-state index in [9.17, 15) is 5.11 Å². The summed E-state index contributed by atoms with van der Waals surface area (Å²) in [7, 11) is 0. The zero-order valence-electron chi connectivity index (χ0n) is 9.67. The maximum Gasteiger partial charge on any atom is 0.0942 e. The van der Waals surface area contributed by atoms with Gasteiger partial charge in [-0.1, -0.05) is 30.3 Å². The van der Waals surface area contributed by atoms with Crippen LogP contribution in [-0.4, -0.2) is 29.1 Å². The summed E-state index contributed by atoms with van der Waals surface area (Å²) >= 11 is 0. The first-order valence-electron chi connectivity index (χ1n) is 5.76. The lowest BCUT2D eigenvalue weighted by Gasteiger charge is -2.28. The molecule has 2 atom stereocenters. The highest BCUT2D eigenvalue weighted by Crippen LogP contribution is 2.23. The summed E-state index contributed by atoms with van der Waals surface area (Å²) in [5, 5.41) is 10.2. The van der Waals surface area contributed by atoms with E-state index >= 15 is 0 Å². The molecule has 1 aliphatic heterocycles. The summed E-state index contributed by atoms with van der Waals surface area (Å²) in [6, 6.07) is 10.2. The van der Waals surface area contributed by atoms with Gasteiger partial charge in [0.2, 0.25) is 0 Å². The maximum absolute atomic E-state index is 10.2. The fourth-order valence-electron chi connectivity index (χ4n) is 2.28. The summed E-state index contributed by atoms with van der Waals surface area (Å²) in [6.45, 7) is 4.37. The van der Waals surface area contributed by atoms with E-state index in [1.165, 1.54) is 12.8 Å². The highest BCUT2D eigenvalue weighted by atomic mass is 35.5. The SMILES string of the molecule is C[C@H]([C@@H](O)c1ccccc1)N1CCCC1.Cl. The molecule has 1 N–H and O–H groups in total. The Labute approximate surface area is 104 Å². The molecule has 1 aromatic carbocycles. The van der Waals surface area contributed by atoms with Crippen LogP contribution in [0.1, 0.15) is 31.4 Å². The zero-order valence-corrected chi connectivity index (χ0v) is 10.5. The number of aliphatic hydroxyl groups is 1. The molecule has 0 aromatic heterocycles. The predicted molar refractivity (Wildman–Crippen MR) is 68.9 cm³/mol. The number of benzene rings is 1. The normalized spacial score (nSPS) is 20.1. The van der Waals surface area contributed by atoms with Gasteiger partial charge in [-0.2, -0.15) is 0 Å². The molecule has 1 saturated heterocycles. The number of nitrogens with zero attached hydrogens (tertiary/aromatic N) is 1. The Morgan fingerprint density at radius 2 is 1.69 bits per heavy atom. The van der Waals surface area contributed by atoms with Gasteiger partial charge in [-0.3, -0.25) is 4.90 Å². The molecule has 3 heteroatoms. The summed E-state index contributed by atoms with van der Waals surface area (Å²) < 4.78 is 0. The Bertz CT molecular complexity index is 298. The second kappa shape index (κ2) is 6.24. The van der Waals surface area contributed by atoms with E-state index in [0.29, 0.717) is 0 Å². The zero-order chi connectivity index (χ0) is 10.7. The summed E-state index contributed by atoms with van der Waals surface area (Å²) in [4.78, 5) is 2.37. The van der Waals surface area contributed by atoms with Crippen molar-refractivity contribution in [2.45, 2.75) is 31.9 Å². The average molecular weight is 242 g/mol. The Morgan fingerprint density at radius 3 is 2.25 bits per heavy atom. The van der Waals surface area contributed by atoms with Crippen molar-refractivity contribution in [3.05, 3.63) is 35.9 Å². The van der Waals surface area contributed by atoms with Gasteiger partial charge in [0.15, 0.2) is 0 Å². The van der Waals surface area contributed by atoms with Crippen LogP contribution in [-0.2, 0) is 0 Å². The summed E-state index contributed by atoms with van der Waals surface area (Å²) in [5.74, 6) is 0. The van der Waals surface area contributed by atoms with Crippen LogP contribution in [0.15, 0.2) is 30.3 Å². The maximum atomic E-state index is 10.2. The van der Waals surface area contributed by atoms with E-state index in [4.69, 9.17) is 0 Å². The topological polar surface area (TPSA) is 23.5 Å². The minimum Gasteiger partial charge on any atom is -0.387 e. The molecule has 0 aliphatic carbocycles. The highest BCUT2D eigenvalue weighted by Gasteiger charge is 2.24. The van der Waals surface area contributed by atoms with Crippen LogP contribution in [0, 0.1) is 0 Å². The molecule has 0 bridgehead atoms. The third kappa shape index (κ3) is 2.97. The first-order valence-corrected chi connectivity index (χ1v) is 5.76. The average Bonchev–Trinajstić information content (AvgIpc) is 2.82. The lowest BCUT2D eigenvalue weighted by molar-refractivity contribution is 0.0716. The second-order valence-corrected chi connectivity index (χ2v) is 4.34. The number of hydrogen-bond acceptors (Lipinski definition) is 2. The number of halogens is 1. The van der Waals surface area contributed by atoms with E-state index in [0.717, 1.165) is 18.7 Å². The monoisotopic (exact) mass is 241 g/mol. The molecule has 0 spiro atoms. The van der Waals surface area contributed by atoms with Gasteiger partial charge < -0.3 is 5.11 Å². The molecule has 0 radical (unpaired) electrons. The molecule has 0 amide bonds. The van der Waals surface area contributed by atoms with Crippen LogP contribution in [0.5, 0.6) is 0 Å². The molecule has 16 heavy (non-hydrogen) atoms. The largest absolute Gasteiger partial charge is 0.387 e. The van der Waals surface area contributed by atoms with Gasteiger partial charge in [0.25, 0.3) is 0 Å². The van der Waals surface area contributed by atoms with Crippen LogP contribution in [0.3, 0.4) is 0 Å². The molecular weight excluding hydrogens is 222 g/mol. The Kier molecular flexibility index (Phi) is 5.26. The number of hydrogen-bond donors (Lipinski definition) is 1. The molecule has 1 heterocycles. The quantitative estimate of drug-likeness (QED) is 0.880. The van der Waals surface area contributed by atoms with E-state index in [1.807, 2.05) is 30.3 Å². The fraction of sp³-hybridized carbons (Fsp3) is 0.538. The van der Waals surface area contributed by atoms with Crippen molar-refractivity contribution >= 4 is 12.4 Å². The molecule has 0 saturated carbocycles. The van der Waals surface area contributed by atoms with E-state index in [-0.39, 0.29) is 24.6 Å². The number of likely N-dealkylation sites (tertiary alicyclic amines) is 1. The molecular formula is C13H20ClNO. The lowest BCUT2D eigenvalue weighted by atomic mass is 10.0.